The molecule has 16 heteroatoms. The molecule has 664 valence electrons. The van der Waals surface area contributed by atoms with E-state index in [1.807, 2.05) is 200 Å². The van der Waals surface area contributed by atoms with Crippen molar-refractivity contribution < 1.29 is 17.7 Å². The number of aromatic nitrogens is 4. The standard InChI is InChI=1S/4C32H17N3O/c33-18-20-12-14-30-26(16-20)27-17-21(13-15-31(27)36-30)23-9-5-6-22(19-34)32(23)35-28-10-3-1-7-24(28)25-8-2-4-11-29(25)35;33-18-20-12-14-30-25(16-20)26-17-21(13-15-31(26)36-30)32-22(19-34)6-5-11-29(32)35-27-9-3-1-7-23(27)24-8-2-4-10-28(24)35;33-18-20-10-13-31-26(15-20)27-17-22(11-14-32(27)36-31)23-12-9-21(19-34)16-30(23)35-28-7-3-1-5-24(28)25-6-2-4-8-29(25)35;33-18-20-9-12-30(35-28-7-3-1-5-23(28)24-6-2-4-8-29(24)35)25(15-20)22-11-14-32-27(17-22)26-16-21(19-34)10-13-31(26)36-32/h4*1-17H. The van der Waals surface area contributed by atoms with Crippen molar-refractivity contribution in [2.75, 3.05) is 0 Å². The molecule has 0 spiro atoms. The predicted molar refractivity (Wildman–Crippen MR) is 572 cm³/mol. The molecule has 0 atom stereocenters. The summed E-state index contributed by atoms with van der Waals surface area (Å²) in [4.78, 5) is 0. The predicted octanol–water partition coefficient (Wildman–Crippen LogP) is 32.4. The molecule has 0 bridgehead atoms. The van der Waals surface area contributed by atoms with E-state index >= 15 is 0 Å². The van der Waals surface area contributed by atoms with Crippen LogP contribution in [0, 0.1) is 90.6 Å². The maximum Gasteiger partial charge on any atom is 0.135 e. The van der Waals surface area contributed by atoms with Gasteiger partial charge in [0.05, 0.1) is 154 Å². The number of nitriles is 8. The lowest BCUT2D eigenvalue weighted by molar-refractivity contribution is 0.668. The number of benzene rings is 20. The minimum absolute atomic E-state index is 0.582. The van der Waals surface area contributed by atoms with Crippen LogP contribution < -0.4 is 0 Å². The summed E-state index contributed by atoms with van der Waals surface area (Å²) in [5.74, 6) is 0. The molecule has 0 radical (unpaired) electrons. The summed E-state index contributed by atoms with van der Waals surface area (Å²) < 4.78 is 33.1. The summed E-state index contributed by atoms with van der Waals surface area (Å²) in [6.07, 6.45) is 0. The average Bonchev–Trinajstić information content (AvgIpc) is 1.58. The van der Waals surface area contributed by atoms with E-state index in [1.165, 1.54) is 32.3 Å². The van der Waals surface area contributed by atoms with Gasteiger partial charge in [-0.05, 0) is 241 Å². The molecule has 0 N–H and O–H groups in total. The van der Waals surface area contributed by atoms with Gasteiger partial charge in [0.15, 0.2) is 0 Å². The highest BCUT2D eigenvalue weighted by atomic mass is 16.3. The van der Waals surface area contributed by atoms with Crippen molar-refractivity contribution in [3.05, 3.63) is 457 Å². The smallest absolute Gasteiger partial charge is 0.135 e. The lowest BCUT2D eigenvalue weighted by atomic mass is 9.96. The van der Waals surface area contributed by atoms with Crippen molar-refractivity contribution in [1.29, 1.82) is 42.1 Å². The van der Waals surface area contributed by atoms with Crippen molar-refractivity contribution in [1.82, 2.24) is 18.3 Å². The molecule has 0 fully saturated rings. The summed E-state index contributed by atoms with van der Waals surface area (Å²) in [5, 5.41) is 94.0. The zero-order valence-corrected chi connectivity index (χ0v) is 76.3. The van der Waals surface area contributed by atoms with E-state index in [9.17, 15) is 42.1 Å². The number of nitrogens with zero attached hydrogens (tertiary/aromatic N) is 12. The zero-order valence-electron chi connectivity index (χ0n) is 76.3. The van der Waals surface area contributed by atoms with Crippen molar-refractivity contribution >= 4 is 175 Å². The topological polar surface area (TPSA) is 263 Å². The first-order chi connectivity index (χ1) is 71.0. The number of furan rings is 4. The van der Waals surface area contributed by atoms with Gasteiger partial charge in [0.2, 0.25) is 0 Å². The van der Waals surface area contributed by atoms with E-state index in [2.05, 4.69) is 255 Å². The molecule has 28 rings (SSSR count). The van der Waals surface area contributed by atoms with E-state index in [0.29, 0.717) is 44.5 Å². The van der Waals surface area contributed by atoms with Crippen molar-refractivity contribution in [2.24, 2.45) is 0 Å². The third-order valence-electron chi connectivity index (χ3n) is 27.5. The quantitative estimate of drug-likeness (QED) is 0.137. The minimum Gasteiger partial charge on any atom is -0.456 e. The molecule has 144 heavy (non-hydrogen) atoms. The minimum atomic E-state index is 0.582. The molecule has 0 aliphatic carbocycles. The lowest BCUT2D eigenvalue weighted by Crippen LogP contribution is -2.00. The van der Waals surface area contributed by atoms with Crippen LogP contribution in [0.15, 0.2) is 430 Å². The largest absolute Gasteiger partial charge is 0.456 e. The summed E-state index contributed by atoms with van der Waals surface area (Å²) in [6, 6.07) is 155. The monoisotopic (exact) mass is 1840 g/mol. The summed E-state index contributed by atoms with van der Waals surface area (Å²) in [7, 11) is 0. The molecule has 0 unspecified atom stereocenters. The van der Waals surface area contributed by atoms with Crippen LogP contribution in [0.4, 0.5) is 0 Å². The van der Waals surface area contributed by atoms with Crippen LogP contribution >= 0.6 is 0 Å². The van der Waals surface area contributed by atoms with Gasteiger partial charge >= 0.3 is 0 Å². The van der Waals surface area contributed by atoms with E-state index in [4.69, 9.17) is 17.7 Å². The number of rotatable bonds is 8. The lowest BCUT2D eigenvalue weighted by Gasteiger charge is -2.16. The van der Waals surface area contributed by atoms with Crippen molar-refractivity contribution in [3.8, 4) is 116 Å². The summed E-state index contributed by atoms with van der Waals surface area (Å²) in [6.45, 7) is 0. The van der Waals surface area contributed by atoms with Gasteiger partial charge in [-0.1, -0.05) is 194 Å². The fraction of sp³-hybridized carbons (Fsp3) is 0. The summed E-state index contributed by atoms with van der Waals surface area (Å²) >= 11 is 0. The van der Waals surface area contributed by atoms with Gasteiger partial charge < -0.3 is 35.9 Å². The fourth-order valence-corrected chi connectivity index (χ4v) is 21.0. The van der Waals surface area contributed by atoms with Crippen molar-refractivity contribution in [3.63, 3.8) is 0 Å². The number of para-hydroxylation sites is 9. The second-order valence-electron chi connectivity index (χ2n) is 35.3. The Kier molecular flexibility index (Phi) is 20.2. The van der Waals surface area contributed by atoms with Gasteiger partial charge in [0.1, 0.15) is 50.7 Å². The van der Waals surface area contributed by atoms with Gasteiger partial charge in [0, 0.05) is 108 Å². The maximum atomic E-state index is 10.2. The second kappa shape index (κ2) is 34.5. The van der Waals surface area contributed by atoms with Crippen LogP contribution in [0.5, 0.6) is 0 Å². The fourth-order valence-electron chi connectivity index (χ4n) is 21.0. The normalized spacial score (nSPS) is 11.3. The summed E-state index contributed by atoms with van der Waals surface area (Å²) in [5.41, 5.74) is 30.8. The Morgan fingerprint density at radius 1 is 0.160 bits per heavy atom. The maximum absolute atomic E-state index is 10.2. The van der Waals surface area contributed by atoms with Crippen LogP contribution in [0.3, 0.4) is 0 Å². The van der Waals surface area contributed by atoms with Crippen LogP contribution in [0.1, 0.15) is 44.5 Å². The third kappa shape index (κ3) is 13.9. The molecule has 8 aromatic heterocycles. The Morgan fingerprint density at radius 3 is 0.785 bits per heavy atom. The van der Waals surface area contributed by atoms with E-state index in [-0.39, 0.29) is 0 Å². The van der Waals surface area contributed by atoms with E-state index in [0.717, 1.165) is 210 Å². The Labute approximate surface area is 820 Å². The first-order valence-electron chi connectivity index (χ1n) is 46.6. The average molecular weight is 1840 g/mol. The molecule has 0 saturated heterocycles. The van der Waals surface area contributed by atoms with Crippen LogP contribution in [0.25, 0.3) is 242 Å². The SMILES string of the molecule is N#Cc1ccc(-c2ccc3oc4ccc(C#N)cc4c3c2)c(-n2c3ccccc3c3ccccc32)c1.N#Cc1ccc(-n2c3ccccc3c3ccccc32)c(-c2ccc3oc4ccc(C#N)cc4c3c2)c1.N#Cc1ccc2oc3ccc(-c4c(C#N)cccc4-n4c5ccccc5c5ccccc54)cc3c2c1.N#Cc1ccc2oc3ccc(-c4cccc(C#N)c4-n4c5ccccc5c5ccccc54)cc3c2c1. The molecule has 0 aliphatic heterocycles. The zero-order chi connectivity index (χ0) is 96.9. The molecular formula is C128H68N12O4. The van der Waals surface area contributed by atoms with Gasteiger partial charge in [-0.3, -0.25) is 0 Å². The highest BCUT2D eigenvalue weighted by Crippen LogP contribution is 2.47. The Hall–Kier alpha value is -21.3. The van der Waals surface area contributed by atoms with Crippen LogP contribution in [0.2, 0.25) is 0 Å². The third-order valence-corrected chi connectivity index (χ3v) is 27.5. The van der Waals surface area contributed by atoms with Crippen molar-refractivity contribution in [2.45, 2.75) is 0 Å². The molecule has 0 saturated carbocycles. The molecular weight excluding hydrogens is 1770 g/mol. The van der Waals surface area contributed by atoms with Crippen LogP contribution in [-0.2, 0) is 0 Å². The highest BCUT2D eigenvalue weighted by Gasteiger charge is 2.26. The first kappa shape index (κ1) is 84.5. The van der Waals surface area contributed by atoms with Gasteiger partial charge in [-0.25, -0.2) is 0 Å². The van der Waals surface area contributed by atoms with Gasteiger partial charge in [-0.2, -0.15) is 42.1 Å². The highest BCUT2D eigenvalue weighted by molar-refractivity contribution is 6.17. The van der Waals surface area contributed by atoms with E-state index in [1.54, 1.807) is 24.3 Å². The first-order valence-corrected chi connectivity index (χ1v) is 46.6. The molecule has 20 aromatic carbocycles. The molecule has 28 aromatic rings. The Balaban J connectivity index is 0.000000101. The molecule has 8 heterocycles. The molecule has 0 amide bonds. The van der Waals surface area contributed by atoms with Crippen LogP contribution in [-0.4, -0.2) is 18.3 Å². The second-order valence-corrected chi connectivity index (χ2v) is 35.3. The molecule has 0 aliphatic rings. The molecule has 16 nitrogen and oxygen atoms in total. The number of fused-ring (bicyclic) bond motifs is 24. The van der Waals surface area contributed by atoms with Gasteiger partial charge in [-0.15, -0.1) is 0 Å². The Bertz CT molecular complexity index is 10300. The van der Waals surface area contributed by atoms with E-state index < -0.39 is 0 Å². The number of hydrogen-bond donors (Lipinski definition) is 0. The number of hydrogen-bond acceptors (Lipinski definition) is 12. The van der Waals surface area contributed by atoms with Gasteiger partial charge in [0.25, 0.3) is 0 Å². The Morgan fingerprint density at radius 2 is 0.424 bits per heavy atom.